The van der Waals surface area contributed by atoms with Gasteiger partial charge in [-0.05, 0) is 51.0 Å². The maximum absolute atomic E-state index is 13.2. The molecule has 2 aromatic rings. The Hall–Kier alpha value is -2.10. The third-order valence-electron chi connectivity index (χ3n) is 6.13. The second-order valence-corrected chi connectivity index (χ2v) is 11.8. The molecule has 1 fully saturated rings. The smallest absolute Gasteiger partial charge is 0.323 e. The number of benzene rings is 1. The Morgan fingerprint density at radius 3 is 2.62 bits per heavy atom. The maximum Gasteiger partial charge on any atom is 0.323 e. The van der Waals surface area contributed by atoms with Crippen LogP contribution in [0.1, 0.15) is 52.0 Å². The minimum absolute atomic E-state index is 0.153. The number of anilines is 1. The van der Waals surface area contributed by atoms with E-state index in [4.69, 9.17) is 4.74 Å². The highest BCUT2D eigenvalue weighted by Gasteiger charge is 2.29. The first-order valence-electron chi connectivity index (χ1n) is 11.8. The van der Waals surface area contributed by atoms with Crippen LogP contribution in [0.4, 0.5) is 9.93 Å². The molecule has 2 amide bonds. The lowest BCUT2D eigenvalue weighted by Crippen LogP contribution is -2.46. The van der Waals surface area contributed by atoms with Gasteiger partial charge >= 0.3 is 12.0 Å². The molecule has 9 heteroatoms. The molecule has 7 nitrogen and oxygen atoms in total. The number of hydrogen-bond acceptors (Lipinski definition) is 6. The number of hydrogen-bond donors (Lipinski definition) is 2. The standard InChI is InChI=1S/C25H35N3O4S2/c1-18-9-11-20(12-10-18)28(13-14-32-16-19-7-5-4-6-8-19)24(31)27-23-26-15-21(34-23)33-17-25(2,3)22(29)30/h4-8,15,18,20H,9-14,16-17H2,1-3H3,(H,29,30)(H,26,27,31)/t18-,20-. The monoisotopic (exact) mass is 505 g/mol. The van der Waals surface area contributed by atoms with Gasteiger partial charge in [-0.2, -0.15) is 0 Å². The number of carbonyl (C=O) groups excluding carboxylic acids is 1. The lowest BCUT2D eigenvalue weighted by atomic mass is 9.86. The van der Waals surface area contributed by atoms with Crippen molar-refractivity contribution in [2.24, 2.45) is 11.3 Å². The molecule has 1 saturated carbocycles. The molecule has 1 aliphatic rings. The maximum atomic E-state index is 13.2. The average molecular weight is 506 g/mol. The molecule has 0 atom stereocenters. The van der Waals surface area contributed by atoms with Gasteiger partial charge in [0.1, 0.15) is 0 Å². The number of carboxylic acids is 1. The summed E-state index contributed by atoms with van der Waals surface area (Å²) in [5, 5.41) is 12.8. The van der Waals surface area contributed by atoms with E-state index in [1.165, 1.54) is 23.1 Å². The minimum Gasteiger partial charge on any atom is -0.481 e. The number of rotatable bonds is 11. The molecule has 186 valence electrons. The molecule has 0 saturated heterocycles. The van der Waals surface area contributed by atoms with Gasteiger partial charge in [0.25, 0.3) is 0 Å². The van der Waals surface area contributed by atoms with E-state index in [0.717, 1.165) is 35.5 Å². The van der Waals surface area contributed by atoms with Gasteiger partial charge in [0.05, 0.1) is 29.0 Å². The topological polar surface area (TPSA) is 91.8 Å². The summed E-state index contributed by atoms with van der Waals surface area (Å²) < 4.78 is 6.75. The molecule has 1 aliphatic carbocycles. The van der Waals surface area contributed by atoms with Crippen molar-refractivity contribution in [1.29, 1.82) is 0 Å². The molecular formula is C25H35N3O4S2. The molecule has 0 spiro atoms. The first-order valence-corrected chi connectivity index (χ1v) is 13.6. The molecule has 1 heterocycles. The van der Waals surface area contributed by atoms with E-state index in [-0.39, 0.29) is 12.1 Å². The van der Waals surface area contributed by atoms with Gasteiger partial charge in [-0.1, -0.05) is 48.6 Å². The molecule has 34 heavy (non-hydrogen) atoms. The van der Waals surface area contributed by atoms with Gasteiger partial charge in [0.15, 0.2) is 5.13 Å². The van der Waals surface area contributed by atoms with Crippen LogP contribution in [0.5, 0.6) is 0 Å². The highest BCUT2D eigenvalue weighted by atomic mass is 32.2. The predicted molar refractivity (Wildman–Crippen MR) is 137 cm³/mol. The fraction of sp³-hybridized carbons (Fsp3) is 0.560. The van der Waals surface area contributed by atoms with Crippen molar-refractivity contribution in [3.05, 3.63) is 42.1 Å². The quantitative estimate of drug-likeness (QED) is 0.288. The highest BCUT2D eigenvalue weighted by molar-refractivity contribution is 8.01. The lowest BCUT2D eigenvalue weighted by Gasteiger charge is -2.36. The molecule has 3 rings (SSSR count). The molecule has 1 aromatic heterocycles. The summed E-state index contributed by atoms with van der Waals surface area (Å²) in [6.45, 7) is 7.19. The molecular weight excluding hydrogens is 470 g/mol. The fourth-order valence-electron chi connectivity index (χ4n) is 3.79. The normalized spacial score (nSPS) is 18.4. The Morgan fingerprint density at radius 2 is 1.94 bits per heavy atom. The van der Waals surface area contributed by atoms with Crippen molar-refractivity contribution in [1.82, 2.24) is 9.88 Å². The Bertz CT molecular complexity index is 927. The number of carbonyl (C=O) groups is 2. The van der Waals surface area contributed by atoms with Crippen molar-refractivity contribution >= 4 is 40.2 Å². The number of amides is 2. The summed E-state index contributed by atoms with van der Waals surface area (Å²) in [5.74, 6) is 0.303. The van der Waals surface area contributed by atoms with Gasteiger partial charge in [-0.3, -0.25) is 10.1 Å². The second kappa shape index (κ2) is 12.6. The van der Waals surface area contributed by atoms with Crippen LogP contribution < -0.4 is 5.32 Å². The van der Waals surface area contributed by atoms with Crippen LogP contribution in [0.15, 0.2) is 40.7 Å². The van der Waals surface area contributed by atoms with Gasteiger partial charge < -0.3 is 14.7 Å². The minimum atomic E-state index is -0.829. The number of urea groups is 1. The zero-order valence-corrected chi connectivity index (χ0v) is 21.8. The van der Waals surface area contributed by atoms with E-state index in [1.54, 1.807) is 20.0 Å². The largest absolute Gasteiger partial charge is 0.481 e. The molecule has 0 radical (unpaired) electrons. The van der Waals surface area contributed by atoms with Gasteiger partial charge in [0, 0.05) is 18.3 Å². The Balaban J connectivity index is 1.56. The number of thiazole rings is 1. The SMILES string of the molecule is CC(C)(CSc1cnc(NC(=O)N(CCOCc2ccccc2)[C@H]2CC[C@H](C)CC2)s1)C(=O)O. The number of thioether (sulfide) groups is 1. The van der Waals surface area contributed by atoms with Crippen molar-refractivity contribution in [3.63, 3.8) is 0 Å². The molecule has 2 N–H and O–H groups in total. The number of nitrogens with zero attached hydrogens (tertiary/aromatic N) is 2. The number of aliphatic carboxylic acids is 1. The van der Waals surface area contributed by atoms with E-state index < -0.39 is 11.4 Å². The molecule has 0 bridgehead atoms. The summed E-state index contributed by atoms with van der Waals surface area (Å²) in [7, 11) is 0. The van der Waals surface area contributed by atoms with E-state index >= 15 is 0 Å². The van der Waals surface area contributed by atoms with Crippen LogP contribution in [0.2, 0.25) is 0 Å². The average Bonchev–Trinajstić information content (AvgIpc) is 3.26. The van der Waals surface area contributed by atoms with Crippen LogP contribution >= 0.6 is 23.1 Å². The zero-order chi connectivity index (χ0) is 24.6. The van der Waals surface area contributed by atoms with Gasteiger partial charge in [-0.25, -0.2) is 9.78 Å². The van der Waals surface area contributed by atoms with E-state index in [9.17, 15) is 14.7 Å². The van der Waals surface area contributed by atoms with E-state index in [1.807, 2.05) is 35.2 Å². The van der Waals surface area contributed by atoms with Crippen molar-refractivity contribution in [2.75, 3.05) is 24.2 Å². The molecule has 1 aromatic carbocycles. The third-order valence-corrected chi connectivity index (χ3v) is 8.69. The lowest BCUT2D eigenvalue weighted by molar-refractivity contribution is -0.145. The van der Waals surface area contributed by atoms with Crippen LogP contribution in [0, 0.1) is 11.3 Å². The third kappa shape index (κ3) is 7.99. The summed E-state index contributed by atoms with van der Waals surface area (Å²) >= 11 is 2.82. The first-order chi connectivity index (χ1) is 16.2. The van der Waals surface area contributed by atoms with Crippen molar-refractivity contribution in [3.8, 4) is 0 Å². The number of carboxylic acid groups (broad SMARTS) is 1. The summed E-state index contributed by atoms with van der Waals surface area (Å²) in [6, 6.07) is 10.1. The molecule has 0 aliphatic heterocycles. The summed E-state index contributed by atoms with van der Waals surface area (Å²) in [5.41, 5.74) is 0.288. The zero-order valence-electron chi connectivity index (χ0n) is 20.2. The fourth-order valence-corrected chi connectivity index (χ4v) is 5.73. The summed E-state index contributed by atoms with van der Waals surface area (Å²) in [6.07, 6.45) is 5.93. The van der Waals surface area contributed by atoms with Crippen molar-refractivity contribution < 1.29 is 19.4 Å². The van der Waals surface area contributed by atoms with Gasteiger partial charge in [0.2, 0.25) is 0 Å². The van der Waals surface area contributed by atoms with E-state index in [2.05, 4.69) is 17.2 Å². The number of aromatic nitrogens is 1. The highest BCUT2D eigenvalue weighted by Crippen LogP contribution is 2.33. The Morgan fingerprint density at radius 1 is 1.24 bits per heavy atom. The van der Waals surface area contributed by atoms with Crippen LogP contribution in [-0.4, -0.2) is 51.9 Å². The second-order valence-electron chi connectivity index (χ2n) is 9.54. The summed E-state index contributed by atoms with van der Waals surface area (Å²) in [4.78, 5) is 30.8. The van der Waals surface area contributed by atoms with Crippen LogP contribution in [-0.2, 0) is 16.1 Å². The van der Waals surface area contributed by atoms with Gasteiger partial charge in [-0.15, -0.1) is 11.8 Å². The Kier molecular flexibility index (Phi) is 9.79. The molecule has 0 unspecified atom stereocenters. The Labute approximate surface area is 210 Å². The number of nitrogens with one attached hydrogen (secondary N) is 1. The van der Waals surface area contributed by atoms with Crippen molar-refractivity contribution in [2.45, 2.75) is 63.3 Å². The first kappa shape index (κ1) is 26.5. The predicted octanol–water partition coefficient (Wildman–Crippen LogP) is 5.98. The van der Waals surface area contributed by atoms with Crippen LogP contribution in [0.3, 0.4) is 0 Å². The van der Waals surface area contributed by atoms with E-state index in [0.29, 0.717) is 36.6 Å². The van der Waals surface area contributed by atoms with Crippen LogP contribution in [0.25, 0.3) is 0 Å². The number of ether oxygens (including phenoxy) is 1.